The van der Waals surface area contributed by atoms with Crippen LogP contribution in [0.2, 0.25) is 0 Å². The second kappa shape index (κ2) is 5.30. The maximum Gasteiger partial charge on any atom is 0.154 e. The highest BCUT2D eigenvalue weighted by atomic mass is 32.2. The summed E-state index contributed by atoms with van der Waals surface area (Å²) in [6.45, 7) is 3.50. The Hall–Kier alpha value is -1.10. The van der Waals surface area contributed by atoms with Crippen molar-refractivity contribution in [3.05, 3.63) is 30.1 Å². The third-order valence-corrected chi connectivity index (χ3v) is 4.50. The van der Waals surface area contributed by atoms with Gasteiger partial charge in [-0.2, -0.15) is 0 Å². The van der Waals surface area contributed by atoms with Gasteiger partial charge in [-0.25, -0.2) is 12.8 Å². The summed E-state index contributed by atoms with van der Waals surface area (Å²) in [7, 11) is -3.07. The molecule has 1 rings (SSSR count). The molecule has 0 amide bonds. The Bertz CT molecular complexity index is 443. The van der Waals surface area contributed by atoms with Crippen LogP contribution in [-0.2, 0) is 9.84 Å². The van der Waals surface area contributed by atoms with Crippen LogP contribution >= 0.6 is 0 Å². The molecular formula is C11H16FNO2S. The van der Waals surface area contributed by atoms with Crippen LogP contribution in [-0.4, -0.2) is 26.0 Å². The van der Waals surface area contributed by atoms with Crippen molar-refractivity contribution in [3.8, 4) is 0 Å². The molecular weight excluding hydrogens is 229 g/mol. The lowest BCUT2D eigenvalue weighted by Gasteiger charge is -2.09. The zero-order valence-electron chi connectivity index (χ0n) is 9.40. The molecule has 5 heteroatoms. The summed E-state index contributed by atoms with van der Waals surface area (Å²) in [4.78, 5) is 0. The number of halogens is 1. The largest absolute Gasteiger partial charge is 0.382 e. The van der Waals surface area contributed by atoms with E-state index >= 15 is 0 Å². The molecule has 0 aliphatic heterocycles. The molecule has 0 radical (unpaired) electrons. The highest BCUT2D eigenvalue weighted by Gasteiger charge is 2.15. The molecule has 0 bridgehead atoms. The minimum absolute atomic E-state index is 0.0129. The van der Waals surface area contributed by atoms with E-state index in [4.69, 9.17) is 0 Å². The zero-order chi connectivity index (χ0) is 12.2. The van der Waals surface area contributed by atoms with Gasteiger partial charge in [0, 0.05) is 6.54 Å². The minimum Gasteiger partial charge on any atom is -0.382 e. The normalized spacial score (nSPS) is 11.8. The fourth-order valence-electron chi connectivity index (χ4n) is 1.17. The van der Waals surface area contributed by atoms with Gasteiger partial charge in [0.25, 0.3) is 0 Å². The van der Waals surface area contributed by atoms with Crippen molar-refractivity contribution in [1.82, 2.24) is 0 Å². The third kappa shape index (κ3) is 3.48. The quantitative estimate of drug-likeness (QED) is 0.863. The molecule has 3 nitrogen and oxygen atoms in total. The highest BCUT2D eigenvalue weighted by molar-refractivity contribution is 7.92. The molecule has 90 valence electrons. The van der Waals surface area contributed by atoms with E-state index in [-0.39, 0.29) is 18.1 Å². The van der Waals surface area contributed by atoms with E-state index in [1.165, 1.54) is 6.07 Å². The number of para-hydroxylation sites is 1. The fraction of sp³-hybridized carbons (Fsp3) is 0.455. The van der Waals surface area contributed by atoms with Gasteiger partial charge in [-0.1, -0.05) is 12.1 Å². The average Bonchev–Trinajstić information content (AvgIpc) is 2.20. The van der Waals surface area contributed by atoms with E-state index in [9.17, 15) is 12.8 Å². The Kier molecular flexibility index (Phi) is 4.29. The summed E-state index contributed by atoms with van der Waals surface area (Å²) in [5.74, 6) is -0.358. The molecule has 0 unspecified atom stereocenters. The molecule has 0 aliphatic carbocycles. The van der Waals surface area contributed by atoms with E-state index in [0.29, 0.717) is 5.69 Å². The summed E-state index contributed by atoms with van der Waals surface area (Å²) in [6.07, 6.45) is 0. The zero-order valence-corrected chi connectivity index (χ0v) is 10.2. The highest BCUT2D eigenvalue weighted by Crippen LogP contribution is 2.12. The van der Waals surface area contributed by atoms with Crippen molar-refractivity contribution in [1.29, 1.82) is 0 Å². The lowest BCUT2D eigenvalue weighted by atomic mass is 10.3. The van der Waals surface area contributed by atoms with Gasteiger partial charge in [-0.05, 0) is 26.0 Å². The van der Waals surface area contributed by atoms with Crippen LogP contribution in [0.1, 0.15) is 13.8 Å². The van der Waals surface area contributed by atoms with E-state index in [0.717, 1.165) is 0 Å². The van der Waals surface area contributed by atoms with Gasteiger partial charge in [-0.3, -0.25) is 0 Å². The second-order valence-electron chi connectivity index (χ2n) is 3.82. The van der Waals surface area contributed by atoms with E-state index in [1.807, 2.05) is 0 Å². The predicted octanol–water partition coefficient (Wildman–Crippen LogP) is 2.06. The Morgan fingerprint density at radius 2 is 1.94 bits per heavy atom. The fourth-order valence-corrected chi connectivity index (χ4v) is 2.03. The Morgan fingerprint density at radius 3 is 2.50 bits per heavy atom. The maximum atomic E-state index is 13.2. The van der Waals surface area contributed by atoms with E-state index in [2.05, 4.69) is 5.32 Å². The van der Waals surface area contributed by atoms with Crippen LogP contribution in [0.15, 0.2) is 24.3 Å². The van der Waals surface area contributed by atoms with Crippen molar-refractivity contribution in [2.75, 3.05) is 17.6 Å². The van der Waals surface area contributed by atoms with Gasteiger partial charge < -0.3 is 5.32 Å². The van der Waals surface area contributed by atoms with Crippen molar-refractivity contribution in [3.63, 3.8) is 0 Å². The average molecular weight is 245 g/mol. The molecule has 0 aromatic heterocycles. The van der Waals surface area contributed by atoms with Crippen LogP contribution in [0.25, 0.3) is 0 Å². The van der Waals surface area contributed by atoms with Crippen molar-refractivity contribution in [2.24, 2.45) is 0 Å². The monoisotopic (exact) mass is 245 g/mol. The van der Waals surface area contributed by atoms with Gasteiger partial charge in [-0.15, -0.1) is 0 Å². The molecule has 0 fully saturated rings. The molecule has 1 aromatic carbocycles. The van der Waals surface area contributed by atoms with Crippen LogP contribution < -0.4 is 5.32 Å². The standard InChI is InChI=1S/C11H16FNO2S/c1-9(2)16(14,15)8-7-13-11-6-4-3-5-10(11)12/h3-6,9,13H,7-8H2,1-2H3. The Labute approximate surface area is 95.6 Å². The molecule has 16 heavy (non-hydrogen) atoms. The van der Waals surface area contributed by atoms with Gasteiger partial charge in [0.15, 0.2) is 9.84 Å². The summed E-state index contributed by atoms with van der Waals surface area (Å²) in [6, 6.07) is 6.20. The molecule has 1 N–H and O–H groups in total. The summed E-state index contributed by atoms with van der Waals surface area (Å²) in [5, 5.41) is 2.38. The molecule has 0 saturated heterocycles. The van der Waals surface area contributed by atoms with Crippen molar-refractivity contribution in [2.45, 2.75) is 19.1 Å². The van der Waals surface area contributed by atoms with Crippen LogP contribution in [0, 0.1) is 5.82 Å². The molecule has 0 heterocycles. The second-order valence-corrected chi connectivity index (χ2v) is 6.50. The molecule has 1 aromatic rings. The predicted molar refractivity (Wildman–Crippen MR) is 63.8 cm³/mol. The lowest BCUT2D eigenvalue weighted by molar-refractivity contribution is 0.587. The Morgan fingerprint density at radius 1 is 1.31 bits per heavy atom. The number of nitrogens with one attached hydrogen (secondary N) is 1. The van der Waals surface area contributed by atoms with Crippen molar-refractivity contribution >= 4 is 15.5 Å². The summed E-state index contributed by atoms with van der Waals surface area (Å²) in [5.41, 5.74) is 0.335. The lowest BCUT2D eigenvalue weighted by Crippen LogP contribution is -2.23. The first-order valence-electron chi connectivity index (χ1n) is 5.13. The number of sulfone groups is 1. The van der Waals surface area contributed by atoms with Crippen molar-refractivity contribution < 1.29 is 12.8 Å². The first kappa shape index (κ1) is 13.0. The summed E-state index contributed by atoms with van der Waals surface area (Å²) >= 11 is 0. The first-order valence-corrected chi connectivity index (χ1v) is 6.85. The van der Waals surface area contributed by atoms with Gasteiger partial charge in [0.2, 0.25) is 0 Å². The first-order chi connectivity index (χ1) is 7.43. The maximum absolute atomic E-state index is 13.2. The third-order valence-electron chi connectivity index (χ3n) is 2.29. The number of hydrogen-bond donors (Lipinski definition) is 1. The molecule has 0 aliphatic rings. The number of rotatable bonds is 5. The minimum atomic E-state index is -3.07. The van der Waals surface area contributed by atoms with E-state index < -0.39 is 15.1 Å². The van der Waals surface area contributed by atoms with Gasteiger partial charge >= 0.3 is 0 Å². The van der Waals surface area contributed by atoms with E-state index in [1.54, 1.807) is 32.0 Å². The number of hydrogen-bond acceptors (Lipinski definition) is 3. The number of benzene rings is 1. The smallest absolute Gasteiger partial charge is 0.154 e. The van der Waals surface area contributed by atoms with Gasteiger partial charge in [0.1, 0.15) is 5.82 Å². The van der Waals surface area contributed by atoms with Crippen LogP contribution in [0.3, 0.4) is 0 Å². The summed E-state index contributed by atoms with van der Waals surface area (Å²) < 4.78 is 36.1. The van der Waals surface area contributed by atoms with Crippen LogP contribution in [0.4, 0.5) is 10.1 Å². The molecule has 0 spiro atoms. The van der Waals surface area contributed by atoms with Crippen LogP contribution in [0.5, 0.6) is 0 Å². The van der Waals surface area contributed by atoms with Gasteiger partial charge in [0.05, 0.1) is 16.7 Å². The molecule has 0 atom stereocenters. The topological polar surface area (TPSA) is 46.2 Å². The molecule has 0 saturated carbocycles. The number of anilines is 1. The SMILES string of the molecule is CC(C)S(=O)(=O)CCNc1ccccc1F. The Balaban J connectivity index is 2.52.